The Morgan fingerprint density at radius 1 is 1.12 bits per heavy atom. The van der Waals surface area contributed by atoms with E-state index < -0.39 is 24.0 Å². The van der Waals surface area contributed by atoms with Crippen molar-refractivity contribution >= 4 is 23.2 Å². The van der Waals surface area contributed by atoms with Crippen molar-refractivity contribution in [2.45, 2.75) is 25.4 Å². The minimum atomic E-state index is -4.76. The summed E-state index contributed by atoms with van der Waals surface area (Å²) in [5.74, 6) is -2.73. The van der Waals surface area contributed by atoms with Crippen molar-refractivity contribution in [2.75, 3.05) is 18.4 Å². The van der Waals surface area contributed by atoms with Crippen molar-refractivity contribution in [1.82, 2.24) is 9.80 Å². The lowest BCUT2D eigenvalue weighted by Gasteiger charge is -2.32. The molecule has 0 spiro atoms. The Kier molecular flexibility index (Phi) is 5.22. The lowest BCUT2D eigenvalue weighted by Crippen LogP contribution is -2.47. The van der Waals surface area contributed by atoms with Crippen LogP contribution in [0.5, 0.6) is 5.75 Å². The number of fused-ring (bicyclic) bond motifs is 3. The summed E-state index contributed by atoms with van der Waals surface area (Å²) in [6.07, 6.45) is -2.20. The van der Waals surface area contributed by atoms with Crippen LogP contribution in [0.25, 0.3) is 5.57 Å². The Morgan fingerprint density at radius 3 is 2.50 bits per heavy atom. The van der Waals surface area contributed by atoms with Gasteiger partial charge in [0.15, 0.2) is 11.6 Å². The van der Waals surface area contributed by atoms with E-state index in [-0.39, 0.29) is 48.0 Å². The summed E-state index contributed by atoms with van der Waals surface area (Å²) in [7, 11) is 0. The van der Waals surface area contributed by atoms with E-state index in [9.17, 15) is 31.5 Å². The first-order valence-corrected chi connectivity index (χ1v) is 10.5. The van der Waals surface area contributed by atoms with E-state index in [2.05, 4.69) is 10.1 Å². The standard InChI is InChI=1S/C23H18F5N3O3/c24-18-5-6-19-17(21(18)25)10-30(22(33)29-19)11-20(32)31-9-13-7-14(31)8-16(13)12-1-3-15(4-2-12)34-23(26,27)28/h1-6,8,13-14H,7,9-11H2,(H,29,33)/t13-,14-/m0/s1. The first kappa shape index (κ1) is 22.2. The van der Waals surface area contributed by atoms with E-state index in [1.807, 2.05) is 6.08 Å². The van der Waals surface area contributed by atoms with E-state index in [4.69, 9.17) is 0 Å². The summed E-state index contributed by atoms with van der Waals surface area (Å²) < 4.78 is 68.7. The summed E-state index contributed by atoms with van der Waals surface area (Å²) in [5.41, 5.74) is 1.84. The van der Waals surface area contributed by atoms with Crippen molar-refractivity contribution in [3.63, 3.8) is 0 Å². The van der Waals surface area contributed by atoms with Gasteiger partial charge in [-0.05, 0) is 41.8 Å². The number of carbonyl (C=O) groups excluding carboxylic acids is 2. The van der Waals surface area contributed by atoms with Crippen molar-refractivity contribution < 1.29 is 36.3 Å². The second-order valence-corrected chi connectivity index (χ2v) is 8.41. The first-order chi connectivity index (χ1) is 16.1. The van der Waals surface area contributed by atoms with Gasteiger partial charge < -0.3 is 19.9 Å². The number of amides is 3. The molecule has 2 atom stereocenters. The van der Waals surface area contributed by atoms with Crippen LogP contribution in [-0.4, -0.2) is 47.2 Å². The molecule has 2 bridgehead atoms. The van der Waals surface area contributed by atoms with E-state index in [0.717, 1.165) is 22.1 Å². The zero-order valence-electron chi connectivity index (χ0n) is 17.5. The van der Waals surface area contributed by atoms with Crippen LogP contribution in [0.15, 0.2) is 42.5 Å². The fraction of sp³-hybridized carbons (Fsp3) is 0.304. The van der Waals surface area contributed by atoms with Crippen LogP contribution in [0, 0.1) is 17.6 Å². The molecular weight excluding hydrogens is 461 g/mol. The smallest absolute Gasteiger partial charge is 0.406 e. The average Bonchev–Trinajstić information content (AvgIpc) is 3.38. The highest BCUT2D eigenvalue weighted by Crippen LogP contribution is 2.43. The Labute approximate surface area is 190 Å². The summed E-state index contributed by atoms with van der Waals surface area (Å²) in [5, 5.41) is 2.47. The average molecular weight is 479 g/mol. The molecule has 3 amide bonds. The normalized spacial score (nSPS) is 21.3. The highest BCUT2D eigenvalue weighted by atomic mass is 19.4. The molecule has 6 nitrogen and oxygen atoms in total. The molecule has 1 N–H and O–H groups in total. The maximum atomic E-state index is 14.1. The van der Waals surface area contributed by atoms with E-state index in [1.54, 1.807) is 17.0 Å². The van der Waals surface area contributed by atoms with Crippen LogP contribution in [0.4, 0.5) is 32.4 Å². The van der Waals surface area contributed by atoms with E-state index in [1.165, 1.54) is 18.2 Å². The predicted molar refractivity (Wildman–Crippen MR) is 110 cm³/mol. The van der Waals surface area contributed by atoms with Gasteiger partial charge in [-0.3, -0.25) is 4.79 Å². The van der Waals surface area contributed by atoms with Crippen molar-refractivity contribution in [1.29, 1.82) is 0 Å². The maximum Gasteiger partial charge on any atom is 0.573 e. The molecule has 1 aliphatic carbocycles. The van der Waals surface area contributed by atoms with Crippen LogP contribution in [0.3, 0.4) is 0 Å². The minimum Gasteiger partial charge on any atom is -0.406 e. The molecule has 1 saturated heterocycles. The van der Waals surface area contributed by atoms with Gasteiger partial charge >= 0.3 is 12.4 Å². The molecule has 0 aromatic heterocycles. The van der Waals surface area contributed by atoms with Gasteiger partial charge in [-0.15, -0.1) is 13.2 Å². The van der Waals surface area contributed by atoms with E-state index in [0.29, 0.717) is 13.0 Å². The summed E-state index contributed by atoms with van der Waals surface area (Å²) in [6, 6.07) is 6.99. The molecule has 2 heterocycles. The summed E-state index contributed by atoms with van der Waals surface area (Å²) >= 11 is 0. The van der Waals surface area contributed by atoms with Gasteiger partial charge in [0, 0.05) is 18.0 Å². The summed E-state index contributed by atoms with van der Waals surface area (Å²) in [6.45, 7) is -0.131. The Morgan fingerprint density at radius 2 is 1.85 bits per heavy atom. The molecule has 178 valence electrons. The van der Waals surface area contributed by atoms with Gasteiger partial charge in [0.2, 0.25) is 5.91 Å². The Bertz CT molecular complexity index is 1200. The molecule has 1 fully saturated rings. The number of halogens is 5. The van der Waals surface area contributed by atoms with Gasteiger partial charge in [0.1, 0.15) is 12.3 Å². The fourth-order valence-corrected chi connectivity index (χ4v) is 4.76. The maximum absolute atomic E-state index is 14.1. The predicted octanol–water partition coefficient (Wildman–Crippen LogP) is 4.53. The van der Waals surface area contributed by atoms with Gasteiger partial charge in [0.25, 0.3) is 0 Å². The van der Waals surface area contributed by atoms with Crippen molar-refractivity contribution in [2.24, 2.45) is 5.92 Å². The SMILES string of the molecule is O=C1Nc2ccc(F)c(F)c2CN1CC(=O)N1C[C@@H]2C[C@H]1C=C2c1ccc(OC(F)(F)F)cc1. The van der Waals surface area contributed by atoms with Crippen LogP contribution < -0.4 is 10.1 Å². The zero-order valence-corrected chi connectivity index (χ0v) is 17.5. The van der Waals surface area contributed by atoms with Gasteiger partial charge in [-0.1, -0.05) is 18.2 Å². The third-order valence-corrected chi connectivity index (χ3v) is 6.30. The number of hydrogen-bond acceptors (Lipinski definition) is 3. The molecule has 0 unspecified atom stereocenters. The largest absolute Gasteiger partial charge is 0.573 e. The van der Waals surface area contributed by atoms with Crippen molar-refractivity contribution in [3.05, 3.63) is 65.2 Å². The molecule has 2 aromatic carbocycles. The third-order valence-electron chi connectivity index (χ3n) is 6.30. The number of carbonyl (C=O) groups is 2. The lowest BCUT2D eigenvalue weighted by molar-refractivity contribution is -0.274. The Hall–Kier alpha value is -3.63. The number of benzene rings is 2. The van der Waals surface area contributed by atoms with Crippen LogP contribution in [0.1, 0.15) is 17.5 Å². The number of nitrogens with one attached hydrogen (secondary N) is 1. The van der Waals surface area contributed by atoms with Crippen LogP contribution in [-0.2, 0) is 11.3 Å². The molecule has 11 heteroatoms. The molecular formula is C23H18F5N3O3. The third kappa shape index (κ3) is 4.06. The van der Waals surface area contributed by atoms with E-state index >= 15 is 0 Å². The fourth-order valence-electron chi connectivity index (χ4n) is 4.76. The molecule has 2 aromatic rings. The van der Waals surface area contributed by atoms with Gasteiger partial charge in [-0.25, -0.2) is 13.6 Å². The van der Waals surface area contributed by atoms with Crippen LogP contribution >= 0.6 is 0 Å². The van der Waals surface area contributed by atoms with Gasteiger partial charge in [-0.2, -0.15) is 0 Å². The number of alkyl halides is 3. The quantitative estimate of drug-likeness (QED) is 0.656. The second kappa shape index (κ2) is 8.00. The minimum absolute atomic E-state index is 0.00535. The zero-order chi connectivity index (χ0) is 24.2. The molecule has 5 rings (SSSR count). The number of hydrogen-bond donors (Lipinski definition) is 1. The van der Waals surface area contributed by atoms with Crippen LogP contribution in [0.2, 0.25) is 0 Å². The monoisotopic (exact) mass is 479 g/mol. The number of urea groups is 1. The molecule has 2 aliphatic heterocycles. The molecule has 3 aliphatic rings. The number of ether oxygens (including phenoxy) is 1. The van der Waals surface area contributed by atoms with Gasteiger partial charge in [0.05, 0.1) is 18.3 Å². The lowest BCUT2D eigenvalue weighted by atomic mass is 9.95. The highest BCUT2D eigenvalue weighted by Gasteiger charge is 2.42. The topological polar surface area (TPSA) is 61.9 Å². The number of anilines is 1. The number of likely N-dealkylation sites (tertiary alicyclic amines) is 1. The second-order valence-electron chi connectivity index (χ2n) is 8.41. The molecule has 0 saturated carbocycles. The molecule has 34 heavy (non-hydrogen) atoms. The number of nitrogens with zero attached hydrogens (tertiary/aromatic N) is 2. The van der Waals surface area contributed by atoms with Crippen molar-refractivity contribution in [3.8, 4) is 5.75 Å². The summed E-state index contributed by atoms with van der Waals surface area (Å²) in [4.78, 5) is 28.0. The Balaban J connectivity index is 1.25. The molecule has 0 radical (unpaired) electrons. The number of rotatable bonds is 4. The first-order valence-electron chi connectivity index (χ1n) is 10.5. The highest BCUT2D eigenvalue weighted by molar-refractivity contribution is 5.95.